The molecule has 0 spiro atoms. The molecule has 212 valence electrons. The lowest BCUT2D eigenvalue weighted by Gasteiger charge is -2.10. The van der Waals surface area contributed by atoms with Crippen LogP contribution in [0.4, 0.5) is 22.0 Å². The topological polar surface area (TPSA) is 111 Å². The maximum Gasteiger partial charge on any atom is 0.323 e. The second-order valence-corrected chi connectivity index (χ2v) is 9.96. The van der Waals surface area contributed by atoms with Gasteiger partial charge in [0.1, 0.15) is 17.9 Å². The summed E-state index contributed by atoms with van der Waals surface area (Å²) in [5, 5.41) is 10.0. The molecule has 43 heavy (non-hydrogen) atoms. The third kappa shape index (κ3) is 5.56. The molecule has 2 amide bonds. The summed E-state index contributed by atoms with van der Waals surface area (Å²) in [6.07, 6.45) is 2.27. The molecule has 0 aliphatic carbocycles. The molecule has 0 saturated heterocycles. The van der Waals surface area contributed by atoms with Gasteiger partial charge >= 0.3 is 6.03 Å². The highest BCUT2D eigenvalue weighted by molar-refractivity contribution is 6.06. The van der Waals surface area contributed by atoms with Crippen molar-refractivity contribution in [2.45, 2.75) is 6.42 Å². The predicted molar refractivity (Wildman–Crippen MR) is 167 cm³/mol. The van der Waals surface area contributed by atoms with Gasteiger partial charge in [-0.25, -0.2) is 14.8 Å². The lowest BCUT2D eigenvalue weighted by Crippen LogP contribution is -2.19. The van der Waals surface area contributed by atoms with Gasteiger partial charge in [-0.2, -0.15) is 0 Å². The fraction of sp³-hybridized carbons (Fsp3) is 0.0882. The van der Waals surface area contributed by atoms with Crippen LogP contribution in [-0.2, 0) is 6.42 Å². The molecule has 3 heterocycles. The Balaban J connectivity index is 1.04. The van der Waals surface area contributed by atoms with Crippen LogP contribution in [0.2, 0.25) is 0 Å². The summed E-state index contributed by atoms with van der Waals surface area (Å²) in [6.45, 7) is 0.826. The largest absolute Gasteiger partial charge is 0.454 e. The van der Waals surface area contributed by atoms with E-state index in [1.165, 1.54) is 6.33 Å². The van der Waals surface area contributed by atoms with Crippen molar-refractivity contribution >= 4 is 34.3 Å². The Labute approximate surface area is 247 Å². The molecule has 1 aliphatic rings. The molecule has 7 rings (SSSR count). The minimum atomic E-state index is -0.342. The average Bonchev–Trinajstić information content (AvgIpc) is 3.68. The van der Waals surface area contributed by atoms with Crippen molar-refractivity contribution < 1.29 is 18.7 Å². The van der Waals surface area contributed by atoms with Crippen molar-refractivity contribution in [2.75, 3.05) is 29.3 Å². The summed E-state index contributed by atoms with van der Waals surface area (Å²) in [6, 6.07) is 32.9. The van der Waals surface area contributed by atoms with Crippen LogP contribution in [0.1, 0.15) is 5.56 Å². The van der Waals surface area contributed by atoms with Gasteiger partial charge in [0.05, 0.1) is 5.39 Å². The van der Waals surface area contributed by atoms with Gasteiger partial charge in [-0.3, -0.25) is 0 Å². The number of urea groups is 1. The SMILES string of the molecule is O=C(Nc1ccc(CCNc2ncnc3oc(-c4ccccc4)c(-c4ccccc4)c23)cc1)Nc1ccc2c(c1)OCO2. The van der Waals surface area contributed by atoms with Gasteiger partial charge in [0, 0.05) is 35.1 Å². The molecule has 1 aliphatic heterocycles. The number of carbonyl (C=O) groups is 1. The summed E-state index contributed by atoms with van der Waals surface area (Å²) >= 11 is 0. The normalized spacial score (nSPS) is 11.8. The van der Waals surface area contributed by atoms with Crippen molar-refractivity contribution in [3.63, 3.8) is 0 Å². The Kier molecular flexibility index (Phi) is 7.02. The first-order chi connectivity index (χ1) is 21.2. The van der Waals surface area contributed by atoms with E-state index in [1.807, 2.05) is 72.8 Å². The van der Waals surface area contributed by atoms with Crippen molar-refractivity contribution in [3.8, 4) is 33.9 Å². The summed E-state index contributed by atoms with van der Waals surface area (Å²) in [5.41, 5.74) is 5.91. The zero-order chi connectivity index (χ0) is 29.0. The summed E-state index contributed by atoms with van der Waals surface area (Å²) in [4.78, 5) is 21.5. The first-order valence-electron chi connectivity index (χ1n) is 13.9. The lowest BCUT2D eigenvalue weighted by molar-refractivity contribution is 0.174. The molecule has 6 aromatic rings. The van der Waals surface area contributed by atoms with E-state index in [9.17, 15) is 4.79 Å². The molecule has 3 N–H and O–H groups in total. The molecule has 0 saturated carbocycles. The van der Waals surface area contributed by atoms with Crippen molar-refractivity contribution in [1.29, 1.82) is 0 Å². The Morgan fingerprint density at radius 3 is 2.23 bits per heavy atom. The summed E-state index contributed by atoms with van der Waals surface area (Å²) in [5.74, 6) is 2.75. The van der Waals surface area contributed by atoms with Crippen LogP contribution in [0.25, 0.3) is 33.6 Å². The van der Waals surface area contributed by atoms with E-state index >= 15 is 0 Å². The number of nitrogens with zero attached hydrogens (tertiary/aromatic N) is 2. The first-order valence-corrected chi connectivity index (χ1v) is 13.9. The first kappa shape index (κ1) is 26.1. The molecule has 4 aromatic carbocycles. The molecule has 0 unspecified atom stereocenters. The number of hydrogen-bond donors (Lipinski definition) is 3. The van der Waals surface area contributed by atoms with Crippen molar-refractivity contribution in [2.24, 2.45) is 0 Å². The van der Waals surface area contributed by atoms with Gasteiger partial charge in [-0.05, 0) is 41.8 Å². The van der Waals surface area contributed by atoms with Crippen LogP contribution in [0.5, 0.6) is 11.5 Å². The minimum absolute atomic E-state index is 0.184. The number of amides is 2. The lowest BCUT2D eigenvalue weighted by atomic mass is 9.99. The molecule has 0 radical (unpaired) electrons. The molecule has 0 fully saturated rings. The third-order valence-corrected chi connectivity index (χ3v) is 7.14. The number of carbonyl (C=O) groups excluding carboxylic acids is 1. The molecule has 0 bridgehead atoms. The Morgan fingerprint density at radius 2 is 1.44 bits per heavy atom. The fourth-order valence-electron chi connectivity index (χ4n) is 5.09. The molecule has 2 aromatic heterocycles. The number of fused-ring (bicyclic) bond motifs is 2. The summed E-state index contributed by atoms with van der Waals surface area (Å²) in [7, 11) is 0. The second-order valence-electron chi connectivity index (χ2n) is 9.96. The summed E-state index contributed by atoms with van der Waals surface area (Å²) < 4.78 is 17.0. The van der Waals surface area contributed by atoms with Gasteiger partial charge in [0.15, 0.2) is 11.5 Å². The molecule has 0 atom stereocenters. The van der Waals surface area contributed by atoms with E-state index < -0.39 is 0 Å². The number of nitrogens with one attached hydrogen (secondary N) is 3. The molecular weight excluding hydrogens is 542 g/mol. The van der Waals surface area contributed by atoms with Crippen LogP contribution < -0.4 is 25.4 Å². The highest BCUT2D eigenvalue weighted by Crippen LogP contribution is 2.42. The van der Waals surface area contributed by atoms with Crippen LogP contribution in [0, 0.1) is 0 Å². The molecule has 9 nitrogen and oxygen atoms in total. The van der Waals surface area contributed by atoms with E-state index in [4.69, 9.17) is 13.9 Å². The van der Waals surface area contributed by atoms with Gasteiger partial charge in [-0.1, -0.05) is 72.8 Å². The highest BCUT2D eigenvalue weighted by Gasteiger charge is 2.22. The Morgan fingerprint density at radius 1 is 0.744 bits per heavy atom. The van der Waals surface area contributed by atoms with Crippen LogP contribution in [-0.4, -0.2) is 29.3 Å². The van der Waals surface area contributed by atoms with Gasteiger partial charge in [0.25, 0.3) is 0 Å². The smallest absolute Gasteiger partial charge is 0.323 e. The third-order valence-electron chi connectivity index (χ3n) is 7.14. The van der Waals surface area contributed by atoms with E-state index in [0.29, 0.717) is 40.9 Å². The van der Waals surface area contributed by atoms with Crippen LogP contribution >= 0.6 is 0 Å². The maximum absolute atomic E-state index is 12.5. The number of furan rings is 1. The van der Waals surface area contributed by atoms with E-state index in [-0.39, 0.29) is 12.8 Å². The standard InChI is InChI=1S/C34H27N5O4/c40-34(39-26-15-16-27-28(19-26)42-21-41-27)38-25-13-11-22(12-14-25)17-18-35-32-30-29(23-7-3-1-4-8-23)31(24-9-5-2-6-10-24)43-33(30)37-20-36-32/h1-16,19-20H,17-18,21H2,(H,35,36,37)(H2,38,39,40). The monoisotopic (exact) mass is 569 g/mol. The van der Waals surface area contributed by atoms with Crippen LogP contribution in [0.3, 0.4) is 0 Å². The quantitative estimate of drug-likeness (QED) is 0.173. The van der Waals surface area contributed by atoms with Crippen molar-refractivity contribution in [1.82, 2.24) is 9.97 Å². The van der Waals surface area contributed by atoms with Gasteiger partial charge in [0.2, 0.25) is 12.5 Å². The van der Waals surface area contributed by atoms with E-state index in [0.717, 1.165) is 39.8 Å². The second kappa shape index (κ2) is 11.6. The zero-order valence-corrected chi connectivity index (χ0v) is 23.0. The van der Waals surface area contributed by atoms with Gasteiger partial charge < -0.3 is 29.8 Å². The highest BCUT2D eigenvalue weighted by atomic mass is 16.7. The van der Waals surface area contributed by atoms with Crippen LogP contribution in [0.15, 0.2) is 114 Å². The predicted octanol–water partition coefficient (Wildman–Crippen LogP) is 7.58. The van der Waals surface area contributed by atoms with Gasteiger partial charge in [-0.15, -0.1) is 0 Å². The Hall–Kier alpha value is -5.83. The fourth-order valence-corrected chi connectivity index (χ4v) is 5.09. The number of anilines is 3. The van der Waals surface area contributed by atoms with Crippen molar-refractivity contribution in [3.05, 3.63) is 115 Å². The molecule has 9 heteroatoms. The maximum atomic E-state index is 12.5. The zero-order valence-electron chi connectivity index (χ0n) is 23.0. The average molecular weight is 570 g/mol. The van der Waals surface area contributed by atoms with E-state index in [2.05, 4.69) is 38.1 Å². The number of hydrogen-bond acceptors (Lipinski definition) is 7. The van der Waals surface area contributed by atoms with E-state index in [1.54, 1.807) is 18.2 Å². The minimum Gasteiger partial charge on any atom is -0.454 e. The number of benzene rings is 4. The molecular formula is C34H27N5O4. The Bertz CT molecular complexity index is 1890. The number of aromatic nitrogens is 2. The number of ether oxygens (including phenoxy) is 2. The number of rotatable bonds is 8.